The first-order valence-electron chi connectivity index (χ1n) is 7.05. The standard InChI is InChI=1S/C13H17Cl2N2O5P/c14-6-8-16(9-7-15)23(20)21-10-5-13(22-23)11-1-3-12(4-2-11)17(18)19/h1-4,13H,5-10H2/t13-,23-/m1/s1. The number of alkyl halides is 2. The van der Waals surface area contributed by atoms with Gasteiger partial charge in [-0.3, -0.25) is 19.2 Å². The summed E-state index contributed by atoms with van der Waals surface area (Å²) in [6.45, 7) is 0.928. The Morgan fingerprint density at radius 2 is 1.87 bits per heavy atom. The summed E-state index contributed by atoms with van der Waals surface area (Å²) in [7, 11) is -3.48. The lowest BCUT2D eigenvalue weighted by atomic mass is 10.1. The van der Waals surface area contributed by atoms with Gasteiger partial charge in [0.25, 0.3) is 5.69 Å². The van der Waals surface area contributed by atoms with E-state index in [0.29, 0.717) is 19.5 Å². The van der Waals surface area contributed by atoms with Crippen molar-refractivity contribution in [2.75, 3.05) is 31.5 Å². The second-order valence-corrected chi connectivity index (χ2v) is 7.59. The minimum Gasteiger partial charge on any atom is -0.296 e. The van der Waals surface area contributed by atoms with Gasteiger partial charge < -0.3 is 0 Å². The first-order chi connectivity index (χ1) is 11.0. The molecular weight excluding hydrogens is 366 g/mol. The maximum Gasteiger partial charge on any atom is 0.408 e. The largest absolute Gasteiger partial charge is 0.408 e. The van der Waals surface area contributed by atoms with Crippen LogP contribution in [0.1, 0.15) is 18.1 Å². The Bertz CT molecular complexity index is 580. The molecule has 0 amide bonds. The van der Waals surface area contributed by atoms with E-state index in [1.54, 1.807) is 12.1 Å². The highest BCUT2D eigenvalue weighted by atomic mass is 35.5. The van der Waals surface area contributed by atoms with Crippen molar-refractivity contribution < 1.29 is 18.5 Å². The Morgan fingerprint density at radius 3 is 2.39 bits per heavy atom. The van der Waals surface area contributed by atoms with Crippen LogP contribution in [0.15, 0.2) is 24.3 Å². The molecule has 1 aliphatic heterocycles. The van der Waals surface area contributed by atoms with E-state index in [1.165, 1.54) is 16.8 Å². The summed E-state index contributed by atoms with van der Waals surface area (Å²) in [5.74, 6) is 0.547. The fourth-order valence-corrected chi connectivity index (χ4v) is 4.83. The van der Waals surface area contributed by atoms with E-state index < -0.39 is 18.8 Å². The molecule has 0 bridgehead atoms. The average Bonchev–Trinajstić information content (AvgIpc) is 2.55. The van der Waals surface area contributed by atoms with E-state index in [-0.39, 0.29) is 24.1 Å². The maximum atomic E-state index is 12.9. The summed E-state index contributed by atoms with van der Waals surface area (Å²) < 4.78 is 25.5. The zero-order valence-electron chi connectivity index (χ0n) is 12.3. The highest BCUT2D eigenvalue weighted by Gasteiger charge is 2.39. The van der Waals surface area contributed by atoms with Gasteiger partial charge in [-0.05, 0) is 17.7 Å². The van der Waals surface area contributed by atoms with E-state index >= 15 is 0 Å². The molecule has 0 aliphatic carbocycles. The smallest absolute Gasteiger partial charge is 0.296 e. The predicted octanol–water partition coefficient (Wildman–Crippen LogP) is 3.96. The van der Waals surface area contributed by atoms with Crippen molar-refractivity contribution in [1.82, 2.24) is 4.67 Å². The summed E-state index contributed by atoms with van der Waals surface area (Å²) in [6.07, 6.45) is 0.0562. The lowest BCUT2D eigenvalue weighted by Crippen LogP contribution is -2.30. The highest BCUT2D eigenvalue weighted by Crippen LogP contribution is 2.58. The quantitative estimate of drug-likeness (QED) is 0.307. The van der Waals surface area contributed by atoms with Crippen LogP contribution < -0.4 is 0 Å². The minimum absolute atomic E-state index is 0.00472. The molecular formula is C13H17Cl2N2O5P. The van der Waals surface area contributed by atoms with Gasteiger partial charge in [0.2, 0.25) is 0 Å². The van der Waals surface area contributed by atoms with Crippen molar-refractivity contribution >= 4 is 36.6 Å². The molecule has 2 rings (SSSR count). The van der Waals surface area contributed by atoms with Gasteiger partial charge in [-0.1, -0.05) is 0 Å². The molecule has 1 aliphatic rings. The van der Waals surface area contributed by atoms with Gasteiger partial charge in [-0.2, -0.15) is 0 Å². The molecule has 128 valence electrons. The second-order valence-electron chi connectivity index (χ2n) is 4.86. The Morgan fingerprint density at radius 1 is 1.26 bits per heavy atom. The molecule has 0 saturated carbocycles. The van der Waals surface area contributed by atoms with E-state index in [1.807, 2.05) is 0 Å². The Labute approximate surface area is 144 Å². The van der Waals surface area contributed by atoms with Gasteiger partial charge in [-0.25, -0.2) is 9.24 Å². The Balaban J connectivity index is 2.15. The number of hydrogen-bond acceptors (Lipinski definition) is 5. The molecule has 0 radical (unpaired) electrons. The number of hydrogen-bond donors (Lipinski definition) is 0. The fourth-order valence-electron chi connectivity index (χ4n) is 2.26. The van der Waals surface area contributed by atoms with Crippen LogP contribution >= 0.6 is 30.9 Å². The van der Waals surface area contributed by atoms with Gasteiger partial charge >= 0.3 is 7.75 Å². The molecule has 0 N–H and O–H groups in total. The Hall–Kier alpha value is -0.690. The van der Waals surface area contributed by atoms with Gasteiger partial charge in [0.1, 0.15) is 0 Å². The first-order valence-corrected chi connectivity index (χ1v) is 9.61. The summed E-state index contributed by atoms with van der Waals surface area (Å²) in [5.41, 5.74) is 0.714. The van der Waals surface area contributed by atoms with Crippen LogP contribution in [0.3, 0.4) is 0 Å². The molecule has 0 aromatic heterocycles. The zero-order valence-corrected chi connectivity index (χ0v) is 14.7. The minimum atomic E-state index is -3.48. The van der Waals surface area contributed by atoms with Gasteiger partial charge in [0.15, 0.2) is 0 Å². The summed E-state index contributed by atoms with van der Waals surface area (Å²) in [5, 5.41) is 10.7. The van der Waals surface area contributed by atoms with Crippen LogP contribution in [0.2, 0.25) is 0 Å². The highest BCUT2D eigenvalue weighted by molar-refractivity contribution is 7.51. The number of non-ortho nitro benzene ring substituents is 1. The van der Waals surface area contributed by atoms with Crippen LogP contribution in [0.25, 0.3) is 0 Å². The third kappa shape index (κ3) is 4.66. The molecule has 1 aromatic carbocycles. The number of nitro groups is 1. The number of rotatable bonds is 7. The zero-order chi connectivity index (χ0) is 16.9. The third-order valence-electron chi connectivity index (χ3n) is 3.40. The first kappa shape index (κ1) is 18.6. The van der Waals surface area contributed by atoms with Crippen molar-refractivity contribution in [2.24, 2.45) is 0 Å². The van der Waals surface area contributed by atoms with E-state index in [2.05, 4.69) is 0 Å². The second kappa shape index (κ2) is 8.42. The normalized spacial score (nSPS) is 24.7. The van der Waals surface area contributed by atoms with Gasteiger partial charge in [-0.15, -0.1) is 23.2 Å². The van der Waals surface area contributed by atoms with Crippen LogP contribution in [0, 0.1) is 10.1 Å². The van der Waals surface area contributed by atoms with Crippen molar-refractivity contribution in [3.8, 4) is 0 Å². The number of benzene rings is 1. The average molecular weight is 383 g/mol. The molecule has 0 spiro atoms. The third-order valence-corrected chi connectivity index (χ3v) is 5.86. The fraction of sp³-hybridized carbons (Fsp3) is 0.538. The molecule has 7 nitrogen and oxygen atoms in total. The topological polar surface area (TPSA) is 81.9 Å². The molecule has 1 aromatic rings. The summed E-state index contributed by atoms with van der Waals surface area (Å²) >= 11 is 11.5. The summed E-state index contributed by atoms with van der Waals surface area (Å²) in [6, 6.07) is 6.00. The van der Waals surface area contributed by atoms with E-state index in [4.69, 9.17) is 32.2 Å². The molecule has 1 saturated heterocycles. The van der Waals surface area contributed by atoms with Crippen LogP contribution in [-0.2, 0) is 13.6 Å². The van der Waals surface area contributed by atoms with Crippen LogP contribution in [0.5, 0.6) is 0 Å². The van der Waals surface area contributed by atoms with Crippen LogP contribution in [0.4, 0.5) is 5.69 Å². The lowest BCUT2D eigenvalue weighted by Gasteiger charge is -2.35. The molecule has 1 heterocycles. The SMILES string of the molecule is O=[N+]([O-])c1ccc([C@H]2CCO[P@](=O)(N(CCCl)CCCl)O2)cc1. The number of nitrogens with zero attached hydrogens (tertiary/aromatic N) is 2. The van der Waals surface area contributed by atoms with Crippen molar-refractivity contribution in [3.05, 3.63) is 39.9 Å². The lowest BCUT2D eigenvalue weighted by molar-refractivity contribution is -0.384. The molecule has 2 atom stereocenters. The predicted molar refractivity (Wildman–Crippen MR) is 88.1 cm³/mol. The monoisotopic (exact) mass is 382 g/mol. The maximum absolute atomic E-state index is 12.9. The molecule has 10 heteroatoms. The summed E-state index contributed by atoms with van der Waals surface area (Å²) in [4.78, 5) is 10.2. The number of nitro benzene ring substituents is 1. The van der Waals surface area contributed by atoms with Crippen molar-refractivity contribution in [1.29, 1.82) is 0 Å². The molecule has 23 heavy (non-hydrogen) atoms. The van der Waals surface area contributed by atoms with Crippen molar-refractivity contribution in [3.63, 3.8) is 0 Å². The van der Waals surface area contributed by atoms with Crippen molar-refractivity contribution in [2.45, 2.75) is 12.5 Å². The van der Waals surface area contributed by atoms with Gasteiger partial charge in [0.05, 0.1) is 17.6 Å². The van der Waals surface area contributed by atoms with Gasteiger partial charge in [0, 0.05) is 43.4 Å². The van der Waals surface area contributed by atoms with Crippen LogP contribution in [-0.4, -0.2) is 41.1 Å². The Kier molecular flexibility index (Phi) is 6.83. The number of halogens is 2. The molecule has 1 fully saturated rings. The van der Waals surface area contributed by atoms with E-state index in [9.17, 15) is 14.7 Å². The van der Waals surface area contributed by atoms with E-state index in [0.717, 1.165) is 5.56 Å². The molecule has 0 unspecified atom stereocenters.